The van der Waals surface area contributed by atoms with E-state index in [0.717, 1.165) is 33.4 Å². The van der Waals surface area contributed by atoms with E-state index in [-0.39, 0.29) is 13.2 Å². The molecule has 0 aromatic heterocycles. The van der Waals surface area contributed by atoms with Crippen LogP contribution in [-0.4, -0.2) is 24.3 Å². The number of hydrogen-bond donors (Lipinski definition) is 0. The third kappa shape index (κ3) is 8.52. The first-order valence-corrected chi connectivity index (χ1v) is 20.4. The van der Waals surface area contributed by atoms with Gasteiger partial charge in [-0.05, 0) is 93.6 Å². The molecule has 0 saturated heterocycles. The monoisotopic (exact) mass is 788 g/mol. The summed E-state index contributed by atoms with van der Waals surface area (Å²) in [6.07, 6.45) is 0. The molecular formula is C36H40Br2O6P2. The van der Waals surface area contributed by atoms with Gasteiger partial charge in [0.2, 0.25) is 0 Å². The van der Waals surface area contributed by atoms with Crippen LogP contribution in [0.15, 0.2) is 84.9 Å². The van der Waals surface area contributed by atoms with Gasteiger partial charge in [-0.15, -0.1) is 0 Å². The molecule has 0 N–H and O–H groups in total. The Labute approximate surface area is 289 Å². The molecule has 4 rings (SSSR count). The summed E-state index contributed by atoms with van der Waals surface area (Å²) < 4.78 is 37.8. The van der Waals surface area contributed by atoms with Crippen molar-refractivity contribution < 1.29 is 27.8 Å². The first-order valence-electron chi connectivity index (χ1n) is 14.9. The van der Waals surface area contributed by atoms with Crippen molar-refractivity contribution in [2.24, 2.45) is 0 Å². The smallest absolute Gasteiger partial charge is 0.300 e. The van der Waals surface area contributed by atoms with Crippen LogP contribution in [-0.2, 0) is 28.8 Å². The van der Waals surface area contributed by atoms with Gasteiger partial charge in [-0.1, -0.05) is 98.1 Å². The second-order valence-electron chi connectivity index (χ2n) is 10.7. The van der Waals surface area contributed by atoms with Crippen LogP contribution in [0.25, 0.3) is 0 Å². The van der Waals surface area contributed by atoms with Crippen molar-refractivity contribution in [1.82, 2.24) is 0 Å². The van der Waals surface area contributed by atoms with Crippen LogP contribution >= 0.6 is 46.6 Å². The van der Waals surface area contributed by atoms with Crippen LogP contribution in [0, 0.1) is 27.7 Å². The average Bonchev–Trinajstić information content (AvgIpc) is 3.04. The lowest BCUT2D eigenvalue weighted by Gasteiger charge is -2.20. The van der Waals surface area contributed by atoms with Crippen molar-refractivity contribution in [2.75, 3.05) is 13.2 Å². The zero-order chi connectivity index (χ0) is 34.1. The first-order chi connectivity index (χ1) is 21.9. The molecule has 10 heteroatoms. The molecule has 0 aliphatic rings. The fourth-order valence-corrected chi connectivity index (χ4v) is 10.2. The summed E-state index contributed by atoms with van der Waals surface area (Å²) in [5.74, 6) is 0. The highest BCUT2D eigenvalue weighted by Gasteiger charge is 2.38. The number of carbonyl (C=O) groups excluding carboxylic acids is 2. The van der Waals surface area contributed by atoms with Crippen LogP contribution in [0.5, 0.6) is 0 Å². The Balaban J connectivity index is 0.000000250. The van der Waals surface area contributed by atoms with Crippen molar-refractivity contribution in [2.45, 2.75) is 52.2 Å². The highest BCUT2D eigenvalue weighted by Crippen LogP contribution is 2.51. The number of alkyl halides is 2. The lowest BCUT2D eigenvalue weighted by atomic mass is 10.0. The van der Waals surface area contributed by atoms with Gasteiger partial charge in [0, 0.05) is 32.4 Å². The SMILES string of the molecule is CCOP(=O)(C(=O)c1c(C)cc(C)cc1CBr)c1ccccc1.CCOP(=O)(C(=O)c1c(C)cc(CBr)cc1C)c1ccccc1. The maximum atomic E-state index is 13.4. The van der Waals surface area contributed by atoms with E-state index in [1.54, 1.807) is 62.4 Å². The van der Waals surface area contributed by atoms with E-state index in [1.165, 1.54) is 0 Å². The van der Waals surface area contributed by atoms with Gasteiger partial charge < -0.3 is 9.05 Å². The summed E-state index contributed by atoms with van der Waals surface area (Å²) in [6.45, 7) is 11.5. The Bertz CT molecular complexity index is 1750. The molecule has 2 atom stereocenters. The van der Waals surface area contributed by atoms with E-state index in [0.29, 0.717) is 32.4 Å². The molecule has 0 fully saturated rings. The van der Waals surface area contributed by atoms with Crippen molar-refractivity contribution in [3.8, 4) is 0 Å². The van der Waals surface area contributed by atoms with E-state index < -0.39 is 25.8 Å². The molecular weight excluding hydrogens is 750 g/mol. The van der Waals surface area contributed by atoms with Crippen LogP contribution in [0.3, 0.4) is 0 Å². The van der Waals surface area contributed by atoms with Crippen molar-refractivity contribution in [3.05, 3.63) is 129 Å². The van der Waals surface area contributed by atoms with E-state index >= 15 is 0 Å². The molecule has 0 saturated carbocycles. The number of aryl methyl sites for hydroxylation is 4. The molecule has 46 heavy (non-hydrogen) atoms. The topological polar surface area (TPSA) is 86.7 Å². The maximum Gasteiger partial charge on any atom is 0.300 e. The quantitative estimate of drug-likeness (QED) is 0.105. The zero-order valence-electron chi connectivity index (χ0n) is 27.0. The van der Waals surface area contributed by atoms with Crippen LogP contribution in [0.4, 0.5) is 0 Å². The third-order valence-corrected chi connectivity index (χ3v) is 13.2. The second-order valence-corrected chi connectivity index (χ2v) is 16.4. The molecule has 0 bridgehead atoms. The minimum atomic E-state index is -3.63. The Morgan fingerprint density at radius 2 is 1.02 bits per heavy atom. The van der Waals surface area contributed by atoms with Crippen LogP contribution in [0.2, 0.25) is 0 Å². The van der Waals surface area contributed by atoms with E-state index in [2.05, 4.69) is 31.9 Å². The molecule has 0 amide bonds. The molecule has 0 aliphatic heterocycles. The number of hydrogen-bond acceptors (Lipinski definition) is 6. The van der Waals surface area contributed by atoms with Crippen molar-refractivity contribution in [3.63, 3.8) is 0 Å². The Hall–Kier alpha value is -2.44. The highest BCUT2D eigenvalue weighted by molar-refractivity contribution is 9.08. The standard InChI is InChI=1S/2C18H20BrO3P/c1-4-22-23(21,16-8-6-5-7-9-16)18(20)17-13(2)10-15(12-19)11-14(17)3;1-4-22-23(21,16-8-6-5-7-9-16)18(20)17-14(3)10-13(2)11-15(17)12-19/h2*5-11H,4,12H2,1-3H3. The number of halogens is 2. The third-order valence-electron chi connectivity index (χ3n) is 7.23. The van der Waals surface area contributed by atoms with Gasteiger partial charge in [0.05, 0.1) is 13.2 Å². The van der Waals surface area contributed by atoms with Gasteiger partial charge in [0.15, 0.2) is 0 Å². The van der Waals surface area contributed by atoms with E-state index in [9.17, 15) is 18.7 Å². The minimum Gasteiger partial charge on any atom is -0.320 e. The van der Waals surface area contributed by atoms with Gasteiger partial charge in [0.1, 0.15) is 0 Å². The number of rotatable bonds is 12. The van der Waals surface area contributed by atoms with Crippen molar-refractivity contribution >= 4 is 68.3 Å². The van der Waals surface area contributed by atoms with Gasteiger partial charge in [-0.3, -0.25) is 18.7 Å². The molecule has 4 aromatic rings. The molecule has 6 nitrogen and oxygen atoms in total. The molecule has 0 spiro atoms. The predicted molar refractivity (Wildman–Crippen MR) is 196 cm³/mol. The van der Waals surface area contributed by atoms with Gasteiger partial charge in [-0.25, -0.2) is 0 Å². The van der Waals surface area contributed by atoms with E-state index in [4.69, 9.17) is 9.05 Å². The summed E-state index contributed by atoms with van der Waals surface area (Å²) in [4.78, 5) is 26.3. The largest absolute Gasteiger partial charge is 0.320 e. The summed E-state index contributed by atoms with van der Waals surface area (Å²) in [7, 11) is -7.24. The predicted octanol–water partition coefficient (Wildman–Crippen LogP) is 9.96. The summed E-state index contributed by atoms with van der Waals surface area (Å²) in [6, 6.07) is 25.2. The molecule has 0 radical (unpaired) electrons. The lowest BCUT2D eigenvalue weighted by Crippen LogP contribution is -2.18. The molecule has 244 valence electrons. The van der Waals surface area contributed by atoms with Crippen molar-refractivity contribution in [1.29, 1.82) is 0 Å². The molecule has 4 aromatic carbocycles. The fourth-order valence-electron chi connectivity index (χ4n) is 5.34. The molecule has 2 unspecified atom stereocenters. The minimum absolute atomic E-state index is 0.215. The van der Waals surface area contributed by atoms with Gasteiger partial charge in [0.25, 0.3) is 11.0 Å². The molecule has 0 heterocycles. The first kappa shape index (κ1) is 38.0. The lowest BCUT2D eigenvalue weighted by molar-refractivity contribution is 0.104. The average molecular weight is 790 g/mol. The summed E-state index contributed by atoms with van der Waals surface area (Å²) in [5.41, 5.74) is 5.58. The zero-order valence-corrected chi connectivity index (χ0v) is 32.0. The Morgan fingerprint density at radius 1 is 0.609 bits per heavy atom. The summed E-state index contributed by atoms with van der Waals surface area (Å²) in [5, 5.41) is 2.12. The van der Waals surface area contributed by atoms with Crippen LogP contribution < -0.4 is 10.6 Å². The fraction of sp³-hybridized carbons (Fsp3) is 0.278. The Morgan fingerprint density at radius 3 is 1.41 bits per heavy atom. The van der Waals surface area contributed by atoms with Gasteiger partial charge in [-0.2, -0.15) is 0 Å². The molecule has 0 aliphatic carbocycles. The van der Waals surface area contributed by atoms with Gasteiger partial charge >= 0.3 is 14.7 Å². The highest BCUT2D eigenvalue weighted by atomic mass is 79.9. The maximum absolute atomic E-state index is 13.4. The van der Waals surface area contributed by atoms with Crippen LogP contribution in [0.1, 0.15) is 67.9 Å². The number of carbonyl (C=O) groups is 2. The second kappa shape index (κ2) is 17.1. The summed E-state index contributed by atoms with van der Waals surface area (Å²) >= 11 is 6.85. The number of benzene rings is 4. The normalized spacial score (nSPS) is 13.6. The van der Waals surface area contributed by atoms with E-state index in [1.807, 2.05) is 64.1 Å². The Kier molecular flexibility index (Phi) is 14.1.